The molecule has 0 unspecified atom stereocenters. The lowest BCUT2D eigenvalue weighted by Gasteiger charge is -2.26. The Labute approximate surface area is 126 Å². The molecule has 1 heterocycles. The molecule has 1 N–H and O–H groups in total. The summed E-state index contributed by atoms with van der Waals surface area (Å²) in [5.41, 5.74) is 1.75. The van der Waals surface area contributed by atoms with E-state index in [1.54, 1.807) is 0 Å². The minimum atomic E-state index is -2.93. The van der Waals surface area contributed by atoms with Gasteiger partial charge in [-0.15, -0.1) is 0 Å². The van der Waals surface area contributed by atoms with Gasteiger partial charge in [0.2, 0.25) is 0 Å². The zero-order valence-electron chi connectivity index (χ0n) is 13.1. The fraction of sp³-hybridized carbons (Fsp3) is 0.500. The number of hydrogen-bond donors (Lipinski definition) is 1. The minimum absolute atomic E-state index is 0.192. The summed E-state index contributed by atoms with van der Waals surface area (Å²) in [6.07, 6.45) is 1.86. The average Bonchev–Trinajstić information content (AvgIpc) is 2.74. The van der Waals surface area contributed by atoms with Gasteiger partial charge in [0.05, 0.1) is 5.75 Å². The van der Waals surface area contributed by atoms with E-state index >= 15 is 0 Å². The first-order chi connectivity index (χ1) is 9.66. The second kappa shape index (κ2) is 5.81. The van der Waals surface area contributed by atoms with Gasteiger partial charge in [-0.05, 0) is 33.3 Å². The number of nitrogens with one attached hydrogen (secondary N) is 1. The molecular formula is C16H23NO3S. The van der Waals surface area contributed by atoms with Crippen molar-refractivity contribution >= 4 is 20.8 Å². The molecule has 1 aromatic heterocycles. The molecule has 0 bridgehead atoms. The molecule has 2 rings (SSSR count). The zero-order chi connectivity index (χ0) is 15.7. The van der Waals surface area contributed by atoms with Crippen LogP contribution in [0.5, 0.6) is 0 Å². The maximum Gasteiger partial charge on any atom is 0.147 e. The summed E-state index contributed by atoms with van der Waals surface area (Å²) >= 11 is 0. The van der Waals surface area contributed by atoms with Crippen molar-refractivity contribution in [2.45, 2.75) is 39.3 Å². The van der Waals surface area contributed by atoms with Crippen molar-refractivity contribution in [3.05, 3.63) is 35.6 Å². The van der Waals surface area contributed by atoms with Gasteiger partial charge in [-0.25, -0.2) is 8.42 Å². The first-order valence-corrected chi connectivity index (χ1v) is 9.13. The van der Waals surface area contributed by atoms with Gasteiger partial charge in [0.15, 0.2) is 0 Å². The molecule has 1 aromatic carbocycles. The summed E-state index contributed by atoms with van der Waals surface area (Å²) < 4.78 is 28.3. The van der Waals surface area contributed by atoms with E-state index < -0.39 is 9.84 Å². The molecule has 21 heavy (non-hydrogen) atoms. The number of fused-ring (bicyclic) bond motifs is 1. The number of furan rings is 1. The lowest BCUT2D eigenvalue weighted by Crippen LogP contribution is -2.40. The SMILES string of the molecule is Cc1cc2cccc(CNC(C)(C)CCS(C)(=O)=O)c2o1. The number of hydrogen-bond acceptors (Lipinski definition) is 4. The van der Waals surface area contributed by atoms with E-state index in [9.17, 15) is 8.42 Å². The molecule has 0 radical (unpaired) electrons. The van der Waals surface area contributed by atoms with Gasteiger partial charge < -0.3 is 9.73 Å². The van der Waals surface area contributed by atoms with Crippen molar-refractivity contribution in [3.8, 4) is 0 Å². The van der Waals surface area contributed by atoms with Gasteiger partial charge in [0, 0.05) is 29.3 Å². The fourth-order valence-corrected chi connectivity index (χ4v) is 3.14. The number of sulfone groups is 1. The minimum Gasteiger partial charge on any atom is -0.461 e. The van der Waals surface area contributed by atoms with Crippen molar-refractivity contribution in [2.24, 2.45) is 0 Å². The van der Waals surface area contributed by atoms with E-state index in [1.165, 1.54) is 6.26 Å². The quantitative estimate of drug-likeness (QED) is 0.891. The summed E-state index contributed by atoms with van der Waals surface area (Å²) in [5.74, 6) is 1.09. The van der Waals surface area contributed by atoms with Crippen molar-refractivity contribution < 1.29 is 12.8 Å². The van der Waals surface area contributed by atoms with Crippen molar-refractivity contribution in [2.75, 3.05) is 12.0 Å². The Kier molecular flexibility index (Phi) is 4.44. The molecule has 0 aliphatic heterocycles. The van der Waals surface area contributed by atoms with Crippen molar-refractivity contribution in [1.29, 1.82) is 0 Å². The normalized spacial score (nSPS) is 13.0. The van der Waals surface area contributed by atoms with Crippen LogP contribution in [0.15, 0.2) is 28.7 Å². The van der Waals surface area contributed by atoms with E-state index in [0.29, 0.717) is 13.0 Å². The summed E-state index contributed by atoms with van der Waals surface area (Å²) in [4.78, 5) is 0. The molecule has 0 aliphatic rings. The highest BCUT2D eigenvalue weighted by Gasteiger charge is 2.20. The fourth-order valence-electron chi connectivity index (χ4n) is 2.25. The number of para-hydroxylation sites is 1. The second-order valence-electron chi connectivity index (χ2n) is 6.31. The van der Waals surface area contributed by atoms with Crippen LogP contribution in [0.2, 0.25) is 0 Å². The lowest BCUT2D eigenvalue weighted by atomic mass is 10.0. The third kappa shape index (κ3) is 4.58. The van der Waals surface area contributed by atoms with Gasteiger partial charge in [-0.3, -0.25) is 0 Å². The predicted molar refractivity (Wildman–Crippen MR) is 86.2 cm³/mol. The predicted octanol–water partition coefficient (Wildman–Crippen LogP) is 3.04. The highest BCUT2D eigenvalue weighted by molar-refractivity contribution is 7.90. The Hall–Kier alpha value is -1.33. The Morgan fingerprint density at radius 3 is 2.67 bits per heavy atom. The molecule has 116 valence electrons. The molecule has 0 saturated carbocycles. The smallest absolute Gasteiger partial charge is 0.147 e. The Balaban J connectivity index is 2.07. The van der Waals surface area contributed by atoms with Crippen molar-refractivity contribution in [3.63, 3.8) is 0 Å². The van der Waals surface area contributed by atoms with Crippen LogP contribution in [0.25, 0.3) is 11.0 Å². The zero-order valence-corrected chi connectivity index (χ0v) is 13.9. The largest absolute Gasteiger partial charge is 0.461 e. The molecular weight excluding hydrogens is 286 g/mol. The number of benzene rings is 1. The Bertz CT molecular complexity index is 729. The van der Waals surface area contributed by atoms with Crippen LogP contribution in [0.1, 0.15) is 31.6 Å². The Morgan fingerprint density at radius 2 is 2.00 bits per heavy atom. The van der Waals surface area contributed by atoms with Crippen LogP contribution in [0.3, 0.4) is 0 Å². The van der Waals surface area contributed by atoms with Crippen LogP contribution in [0, 0.1) is 6.92 Å². The topological polar surface area (TPSA) is 59.3 Å². The first kappa shape index (κ1) is 16.0. The maximum absolute atomic E-state index is 11.3. The summed E-state index contributed by atoms with van der Waals surface area (Å²) in [5, 5.41) is 4.52. The van der Waals surface area contributed by atoms with E-state index in [4.69, 9.17) is 4.42 Å². The van der Waals surface area contributed by atoms with Gasteiger partial charge >= 0.3 is 0 Å². The van der Waals surface area contributed by atoms with E-state index in [2.05, 4.69) is 5.32 Å². The standard InChI is InChI=1S/C16H23NO3S/c1-12-10-13-6-5-7-14(15(13)20-12)11-17-16(2,3)8-9-21(4,18)19/h5-7,10,17H,8-9,11H2,1-4H3. The molecule has 0 saturated heterocycles. The highest BCUT2D eigenvalue weighted by atomic mass is 32.2. The lowest BCUT2D eigenvalue weighted by molar-refractivity contribution is 0.374. The highest BCUT2D eigenvalue weighted by Crippen LogP contribution is 2.23. The average molecular weight is 309 g/mol. The molecule has 5 heteroatoms. The van der Waals surface area contributed by atoms with Crippen LogP contribution in [-0.2, 0) is 16.4 Å². The number of aryl methyl sites for hydroxylation is 1. The second-order valence-corrected chi connectivity index (χ2v) is 8.57. The van der Waals surface area contributed by atoms with E-state index in [1.807, 2.05) is 45.0 Å². The molecule has 4 nitrogen and oxygen atoms in total. The van der Waals surface area contributed by atoms with Crippen LogP contribution < -0.4 is 5.32 Å². The first-order valence-electron chi connectivity index (χ1n) is 7.07. The van der Waals surface area contributed by atoms with Crippen LogP contribution in [0.4, 0.5) is 0 Å². The van der Waals surface area contributed by atoms with Gasteiger partial charge in [0.25, 0.3) is 0 Å². The number of rotatable bonds is 6. The molecule has 0 spiro atoms. The van der Waals surface area contributed by atoms with Crippen LogP contribution >= 0.6 is 0 Å². The van der Waals surface area contributed by atoms with Crippen molar-refractivity contribution in [1.82, 2.24) is 5.32 Å². The third-order valence-electron chi connectivity index (χ3n) is 3.60. The van der Waals surface area contributed by atoms with E-state index in [0.717, 1.165) is 22.3 Å². The monoisotopic (exact) mass is 309 g/mol. The van der Waals surface area contributed by atoms with E-state index in [-0.39, 0.29) is 11.3 Å². The maximum atomic E-state index is 11.3. The molecule has 0 atom stereocenters. The summed E-state index contributed by atoms with van der Waals surface area (Å²) in [6, 6.07) is 8.10. The molecule has 0 fully saturated rings. The van der Waals surface area contributed by atoms with Gasteiger partial charge in [-0.1, -0.05) is 18.2 Å². The molecule has 0 aliphatic carbocycles. The van der Waals surface area contributed by atoms with Gasteiger partial charge in [-0.2, -0.15) is 0 Å². The molecule has 0 amide bonds. The van der Waals surface area contributed by atoms with Gasteiger partial charge in [0.1, 0.15) is 21.2 Å². The third-order valence-corrected chi connectivity index (χ3v) is 4.55. The van der Waals surface area contributed by atoms with Crippen LogP contribution in [-0.4, -0.2) is 26.0 Å². The summed E-state index contributed by atoms with van der Waals surface area (Å²) in [6.45, 7) is 6.63. The summed E-state index contributed by atoms with van der Waals surface area (Å²) in [7, 11) is -2.93. The Morgan fingerprint density at radius 1 is 1.29 bits per heavy atom. The molecule has 2 aromatic rings.